The van der Waals surface area contributed by atoms with Gasteiger partial charge in [-0.15, -0.1) is 0 Å². The molecule has 3 nitrogen and oxygen atoms in total. The van der Waals surface area contributed by atoms with Crippen LogP contribution in [-0.2, 0) is 11.2 Å². The first kappa shape index (κ1) is 19.2. The van der Waals surface area contributed by atoms with Crippen LogP contribution in [0.3, 0.4) is 0 Å². The van der Waals surface area contributed by atoms with E-state index in [4.69, 9.17) is 4.74 Å². The normalized spacial score (nSPS) is 13.6. The number of nitrogens with zero attached hydrogens (tertiary/aromatic N) is 1. The van der Waals surface area contributed by atoms with Gasteiger partial charge in [0.15, 0.2) is 0 Å². The molecule has 8 heteroatoms. The summed E-state index contributed by atoms with van der Waals surface area (Å²) in [5, 5.41) is 0. The van der Waals surface area contributed by atoms with E-state index in [9.17, 15) is 26.7 Å². The summed E-state index contributed by atoms with van der Waals surface area (Å²) in [6, 6.07) is 4.29. The lowest BCUT2D eigenvalue weighted by Crippen LogP contribution is -2.53. The smallest absolute Gasteiger partial charge is 0.463 e. The number of ether oxygens (including phenoxy) is 1. The molecule has 1 amide bonds. The Morgan fingerprint density at radius 1 is 1.26 bits per heavy atom. The van der Waals surface area contributed by atoms with Crippen LogP contribution in [-0.4, -0.2) is 43.1 Å². The van der Waals surface area contributed by atoms with Crippen molar-refractivity contribution in [2.45, 2.75) is 38.4 Å². The van der Waals surface area contributed by atoms with Crippen LogP contribution in [0.15, 0.2) is 18.2 Å². The highest BCUT2D eigenvalue weighted by atomic mass is 19.4. The quantitative estimate of drug-likeness (QED) is 0.768. The molecule has 1 unspecified atom stereocenters. The van der Waals surface area contributed by atoms with Crippen LogP contribution >= 0.6 is 0 Å². The van der Waals surface area contributed by atoms with Crippen LogP contribution in [0.25, 0.3) is 0 Å². The highest BCUT2D eigenvalue weighted by Gasteiger charge is 2.64. The van der Waals surface area contributed by atoms with Crippen LogP contribution < -0.4 is 4.74 Å². The molecule has 1 rings (SSSR count). The van der Waals surface area contributed by atoms with E-state index in [1.165, 1.54) is 14.0 Å². The van der Waals surface area contributed by atoms with E-state index in [2.05, 4.69) is 0 Å². The molecule has 0 fully saturated rings. The number of alkyl halides is 5. The van der Waals surface area contributed by atoms with Gasteiger partial charge in [-0.05, 0) is 31.4 Å². The number of para-hydroxylation sites is 1. The van der Waals surface area contributed by atoms with Crippen molar-refractivity contribution in [2.75, 3.05) is 14.2 Å². The van der Waals surface area contributed by atoms with Crippen LogP contribution in [0.5, 0.6) is 5.75 Å². The topological polar surface area (TPSA) is 29.5 Å². The first-order valence-corrected chi connectivity index (χ1v) is 6.77. The fourth-order valence-corrected chi connectivity index (χ4v) is 2.16. The van der Waals surface area contributed by atoms with E-state index in [1.54, 1.807) is 25.1 Å². The van der Waals surface area contributed by atoms with Crippen LogP contribution in [0.2, 0.25) is 0 Å². The van der Waals surface area contributed by atoms with E-state index in [1.807, 2.05) is 0 Å². The third kappa shape index (κ3) is 3.92. The lowest BCUT2D eigenvalue weighted by molar-refractivity contribution is -0.274. The van der Waals surface area contributed by atoms with Crippen molar-refractivity contribution in [3.05, 3.63) is 29.3 Å². The summed E-state index contributed by atoms with van der Waals surface area (Å²) in [6.45, 7) is 3.17. The number of aryl methyl sites for hydroxylation is 1. The van der Waals surface area contributed by atoms with Gasteiger partial charge in [0.1, 0.15) is 5.75 Å². The van der Waals surface area contributed by atoms with Gasteiger partial charge in [0.2, 0.25) is 0 Å². The van der Waals surface area contributed by atoms with Crippen molar-refractivity contribution in [2.24, 2.45) is 0 Å². The maximum atomic E-state index is 13.1. The number of methoxy groups -OCH3 is 1. The van der Waals surface area contributed by atoms with E-state index in [-0.39, 0.29) is 6.42 Å². The van der Waals surface area contributed by atoms with Gasteiger partial charge in [0, 0.05) is 13.1 Å². The molecule has 0 bridgehead atoms. The maximum absolute atomic E-state index is 13.1. The van der Waals surface area contributed by atoms with E-state index >= 15 is 0 Å². The molecule has 1 aromatic carbocycles. The fraction of sp³-hybridized carbons (Fsp3) is 0.533. The minimum Gasteiger partial charge on any atom is -0.496 e. The summed E-state index contributed by atoms with van der Waals surface area (Å²) < 4.78 is 68.4. The van der Waals surface area contributed by atoms with Gasteiger partial charge in [-0.1, -0.05) is 18.2 Å². The highest BCUT2D eigenvalue weighted by Crippen LogP contribution is 2.37. The zero-order valence-corrected chi connectivity index (χ0v) is 13.2. The van der Waals surface area contributed by atoms with Crippen molar-refractivity contribution in [1.82, 2.24) is 4.90 Å². The molecule has 130 valence electrons. The van der Waals surface area contributed by atoms with Crippen molar-refractivity contribution in [1.29, 1.82) is 0 Å². The Kier molecular flexibility index (Phi) is 5.60. The largest absolute Gasteiger partial charge is 0.496 e. The molecule has 0 radical (unpaired) electrons. The summed E-state index contributed by atoms with van der Waals surface area (Å²) in [7, 11) is 2.36. The Balaban J connectivity index is 2.96. The highest BCUT2D eigenvalue weighted by molar-refractivity contribution is 5.84. The molecule has 0 aliphatic heterocycles. The molecule has 0 aliphatic carbocycles. The van der Waals surface area contributed by atoms with E-state index in [0.29, 0.717) is 16.2 Å². The first-order valence-electron chi connectivity index (χ1n) is 6.77. The second-order valence-electron chi connectivity index (χ2n) is 5.31. The average Bonchev–Trinajstić information content (AvgIpc) is 2.44. The van der Waals surface area contributed by atoms with Gasteiger partial charge in [-0.25, -0.2) is 0 Å². The molecule has 0 spiro atoms. The molecule has 0 aliphatic rings. The summed E-state index contributed by atoms with van der Waals surface area (Å²) in [4.78, 5) is 11.9. The number of carbonyl (C=O) groups is 1. The molecule has 1 atom stereocenters. The van der Waals surface area contributed by atoms with Crippen LogP contribution in [0.1, 0.15) is 18.1 Å². The molecule has 0 heterocycles. The number of rotatable bonds is 5. The fourth-order valence-electron chi connectivity index (χ4n) is 2.16. The number of halogens is 5. The number of benzene rings is 1. The van der Waals surface area contributed by atoms with E-state index in [0.717, 1.165) is 12.6 Å². The molecule has 23 heavy (non-hydrogen) atoms. The van der Waals surface area contributed by atoms with Crippen LogP contribution in [0, 0.1) is 6.92 Å². The number of likely N-dealkylation sites (N-methyl/N-ethyl adjacent to an activating group) is 1. The Morgan fingerprint density at radius 3 is 2.30 bits per heavy atom. The van der Waals surface area contributed by atoms with Crippen molar-refractivity contribution < 1.29 is 31.5 Å². The maximum Gasteiger partial charge on any atom is 0.463 e. The molecule has 0 saturated carbocycles. The Hall–Kier alpha value is -1.86. The first-order chi connectivity index (χ1) is 10.4. The molecular formula is C15H18F5NO2. The number of hydrogen-bond acceptors (Lipinski definition) is 2. The lowest BCUT2D eigenvalue weighted by Gasteiger charge is -2.30. The number of hydrogen-bond donors (Lipinski definition) is 0. The standard InChI is InChI=1S/C15H18F5NO2/c1-9-6-5-7-11(12(9)23-4)8-10(2)21(3)13(22)14(16,17)15(18,19)20/h5-7,10H,8H2,1-4H3. The van der Waals surface area contributed by atoms with Gasteiger partial charge in [0.25, 0.3) is 0 Å². The Bertz CT molecular complexity index is 571. The Labute approximate surface area is 131 Å². The summed E-state index contributed by atoms with van der Waals surface area (Å²) >= 11 is 0. The van der Waals surface area contributed by atoms with Gasteiger partial charge >= 0.3 is 18.0 Å². The monoisotopic (exact) mass is 339 g/mol. The van der Waals surface area contributed by atoms with Crippen molar-refractivity contribution >= 4 is 5.91 Å². The summed E-state index contributed by atoms with van der Waals surface area (Å²) in [5.74, 6) is -7.17. The predicted molar refractivity (Wildman–Crippen MR) is 74.7 cm³/mol. The van der Waals surface area contributed by atoms with E-state index < -0.39 is 24.0 Å². The third-order valence-electron chi connectivity index (χ3n) is 3.62. The minimum atomic E-state index is -5.92. The van der Waals surface area contributed by atoms with Crippen LogP contribution in [0.4, 0.5) is 22.0 Å². The SMILES string of the molecule is COc1c(C)cccc1CC(C)N(C)C(=O)C(F)(F)C(F)(F)F. The third-order valence-corrected chi connectivity index (χ3v) is 3.62. The average molecular weight is 339 g/mol. The zero-order chi connectivity index (χ0) is 18.0. The summed E-state index contributed by atoms with van der Waals surface area (Å²) in [6.07, 6.45) is -5.83. The molecule has 0 aromatic heterocycles. The molecule has 0 saturated heterocycles. The number of carbonyl (C=O) groups excluding carboxylic acids is 1. The molecule has 0 N–H and O–H groups in total. The minimum absolute atomic E-state index is 0.0844. The van der Waals surface area contributed by atoms with Gasteiger partial charge < -0.3 is 9.64 Å². The van der Waals surface area contributed by atoms with Gasteiger partial charge in [0.05, 0.1) is 7.11 Å². The predicted octanol–water partition coefficient (Wildman–Crippen LogP) is 3.59. The van der Waals surface area contributed by atoms with Gasteiger partial charge in [-0.2, -0.15) is 22.0 Å². The summed E-state index contributed by atoms with van der Waals surface area (Å²) in [5.41, 5.74) is 1.42. The Morgan fingerprint density at radius 2 is 1.83 bits per heavy atom. The van der Waals surface area contributed by atoms with Gasteiger partial charge in [-0.3, -0.25) is 4.79 Å². The lowest BCUT2D eigenvalue weighted by atomic mass is 10.0. The molecule has 1 aromatic rings. The zero-order valence-electron chi connectivity index (χ0n) is 13.2. The second-order valence-corrected chi connectivity index (χ2v) is 5.31. The van der Waals surface area contributed by atoms with Crippen molar-refractivity contribution in [3.8, 4) is 5.75 Å². The second kappa shape index (κ2) is 6.72. The molecular weight excluding hydrogens is 321 g/mol. The van der Waals surface area contributed by atoms with Crippen molar-refractivity contribution in [3.63, 3.8) is 0 Å². The number of amides is 1.